The zero-order valence-electron chi connectivity index (χ0n) is 11.8. The minimum Gasteiger partial charge on any atom is -0.427 e. The third-order valence-electron chi connectivity index (χ3n) is 4.38. The Bertz CT molecular complexity index is 525. The van der Waals surface area contributed by atoms with Crippen molar-refractivity contribution in [2.24, 2.45) is 17.6 Å². The number of ether oxygens (including phenoxy) is 1. The number of Topliss-reactive ketones (excluding diaryl/α,β-unsaturated/α-hetero) is 1. The van der Waals surface area contributed by atoms with Crippen molar-refractivity contribution in [3.05, 3.63) is 0 Å². The van der Waals surface area contributed by atoms with Crippen molar-refractivity contribution in [1.82, 2.24) is 0 Å². The summed E-state index contributed by atoms with van der Waals surface area (Å²) in [5.74, 6) is -0.498. The highest BCUT2D eigenvalue weighted by Gasteiger charge is 2.60. The number of nitrogens with two attached hydrogens (primary N) is 1. The molecule has 0 aromatic heterocycles. The molecule has 0 spiro atoms. The van der Waals surface area contributed by atoms with Crippen molar-refractivity contribution in [2.75, 3.05) is 0 Å². The predicted octanol–water partition coefficient (Wildman–Crippen LogP) is 1.38. The van der Waals surface area contributed by atoms with Crippen LogP contribution in [0.2, 0.25) is 0 Å². The predicted molar refractivity (Wildman–Crippen MR) is 72.5 cm³/mol. The Morgan fingerprint density at radius 3 is 2.35 bits per heavy atom. The van der Waals surface area contributed by atoms with Crippen LogP contribution in [0.3, 0.4) is 0 Å². The summed E-state index contributed by atoms with van der Waals surface area (Å²) < 4.78 is 30.3. The van der Waals surface area contributed by atoms with Gasteiger partial charge in [0.2, 0.25) is 4.93 Å². The second-order valence-electron chi connectivity index (χ2n) is 5.89. The van der Waals surface area contributed by atoms with Crippen LogP contribution in [0, 0.1) is 11.8 Å². The van der Waals surface area contributed by atoms with E-state index >= 15 is 0 Å². The summed E-state index contributed by atoms with van der Waals surface area (Å²) in [4.78, 5) is 21.5. The number of ketones is 1. The number of carbonyl (C=O) groups excluding carboxylic acids is 2. The molecule has 3 unspecified atom stereocenters. The summed E-state index contributed by atoms with van der Waals surface area (Å²) >= 11 is 0. The van der Waals surface area contributed by atoms with Gasteiger partial charge in [0.25, 0.3) is 0 Å². The van der Waals surface area contributed by atoms with Crippen LogP contribution in [0.15, 0.2) is 0 Å². The number of primary amides is 1. The third-order valence-corrected chi connectivity index (χ3v) is 7.18. The maximum absolute atomic E-state index is 12.6. The average Bonchev–Trinajstić information content (AvgIpc) is 3.14. The van der Waals surface area contributed by atoms with Crippen LogP contribution >= 0.6 is 0 Å². The molecule has 0 bridgehead atoms. The zero-order chi connectivity index (χ0) is 15.1. The summed E-state index contributed by atoms with van der Waals surface area (Å²) in [6, 6.07) is 0. The van der Waals surface area contributed by atoms with E-state index in [1.165, 1.54) is 0 Å². The average molecular weight is 303 g/mol. The Morgan fingerprint density at radius 1 is 1.30 bits per heavy atom. The lowest BCUT2D eigenvalue weighted by Gasteiger charge is -2.28. The quantitative estimate of drug-likeness (QED) is 0.826. The maximum Gasteiger partial charge on any atom is 0.406 e. The first-order chi connectivity index (χ1) is 9.23. The molecule has 2 aliphatic rings. The molecule has 2 saturated carbocycles. The largest absolute Gasteiger partial charge is 0.427 e. The molecule has 0 aromatic rings. The van der Waals surface area contributed by atoms with Gasteiger partial charge in [0, 0.05) is 25.2 Å². The number of carbonyl (C=O) groups is 2. The first-order valence-corrected chi connectivity index (χ1v) is 8.52. The molecule has 114 valence electrons. The molecule has 2 rings (SSSR count). The molecule has 1 amide bonds. The van der Waals surface area contributed by atoms with Gasteiger partial charge in [-0.25, -0.2) is 13.2 Å². The summed E-state index contributed by atoms with van der Waals surface area (Å²) in [7, 11) is -3.61. The molecule has 6 nitrogen and oxygen atoms in total. The lowest BCUT2D eigenvalue weighted by Crippen LogP contribution is -2.44. The van der Waals surface area contributed by atoms with Gasteiger partial charge in [0.05, 0.1) is 5.25 Å². The molecule has 0 radical (unpaired) electrons. The topological polar surface area (TPSA) is 104 Å². The van der Waals surface area contributed by atoms with E-state index in [4.69, 9.17) is 10.5 Å². The van der Waals surface area contributed by atoms with Gasteiger partial charge < -0.3 is 10.5 Å². The molecule has 3 atom stereocenters. The van der Waals surface area contributed by atoms with Crippen LogP contribution in [-0.4, -0.2) is 30.5 Å². The van der Waals surface area contributed by atoms with Crippen LogP contribution < -0.4 is 5.73 Å². The molecular formula is C13H21NO5S. The fourth-order valence-corrected chi connectivity index (χ4v) is 5.65. The van der Waals surface area contributed by atoms with Crippen molar-refractivity contribution in [1.29, 1.82) is 0 Å². The summed E-state index contributed by atoms with van der Waals surface area (Å²) in [5, 5.41) is -0.454. The summed E-state index contributed by atoms with van der Waals surface area (Å²) in [6.07, 6.45) is 0.643. The second kappa shape index (κ2) is 5.02. The van der Waals surface area contributed by atoms with Gasteiger partial charge in [0.1, 0.15) is 5.78 Å². The Hall–Kier alpha value is -1.11. The molecule has 0 heterocycles. The van der Waals surface area contributed by atoms with Gasteiger partial charge in [-0.05, 0) is 18.8 Å². The van der Waals surface area contributed by atoms with E-state index in [9.17, 15) is 18.0 Å². The maximum atomic E-state index is 12.6. The van der Waals surface area contributed by atoms with E-state index < -0.39 is 26.1 Å². The highest BCUT2D eigenvalue weighted by Crippen LogP contribution is 2.50. The van der Waals surface area contributed by atoms with E-state index in [1.807, 2.05) is 6.92 Å². The molecule has 0 saturated heterocycles. The number of sulfone groups is 1. The Labute approximate surface area is 119 Å². The van der Waals surface area contributed by atoms with Crippen molar-refractivity contribution in [3.63, 3.8) is 0 Å². The molecular weight excluding hydrogens is 282 g/mol. The second-order valence-corrected chi connectivity index (χ2v) is 8.39. The monoisotopic (exact) mass is 303 g/mol. The first-order valence-electron chi connectivity index (χ1n) is 6.98. The fraction of sp³-hybridized carbons (Fsp3) is 0.846. The number of hydrogen-bond acceptors (Lipinski definition) is 5. The highest BCUT2D eigenvalue weighted by molar-refractivity contribution is 7.93. The Morgan fingerprint density at radius 2 is 1.90 bits per heavy atom. The molecule has 2 N–H and O–H groups in total. The normalized spacial score (nSPS) is 33.9. The lowest BCUT2D eigenvalue weighted by atomic mass is 9.92. The van der Waals surface area contributed by atoms with Crippen molar-refractivity contribution >= 4 is 21.7 Å². The van der Waals surface area contributed by atoms with Crippen LogP contribution in [0.5, 0.6) is 0 Å². The minimum atomic E-state index is -3.61. The number of amides is 1. The van der Waals surface area contributed by atoms with Crippen molar-refractivity contribution in [3.8, 4) is 0 Å². The van der Waals surface area contributed by atoms with Crippen LogP contribution in [0.1, 0.15) is 46.0 Å². The molecule has 2 aliphatic carbocycles. The smallest absolute Gasteiger partial charge is 0.406 e. The molecule has 0 aliphatic heterocycles. The third kappa shape index (κ3) is 2.43. The lowest BCUT2D eigenvalue weighted by molar-refractivity contribution is -0.123. The molecule has 2 fully saturated rings. The van der Waals surface area contributed by atoms with E-state index in [-0.39, 0.29) is 30.5 Å². The standard InChI is InChI=1S/C13H21NO5S/c1-3-11(15)10-7-13(6-8(10)2,19-12(14)16)20(17,18)9-4-5-9/h8-10H,3-7H2,1-2H3,(H2,14,16). The Kier molecular flexibility index (Phi) is 3.83. The van der Waals surface area contributed by atoms with Gasteiger partial charge in [-0.1, -0.05) is 13.8 Å². The minimum absolute atomic E-state index is 0.0124. The summed E-state index contributed by atoms with van der Waals surface area (Å²) in [6.45, 7) is 3.58. The Balaban J connectivity index is 2.35. The SMILES string of the molecule is CCC(=O)C1CC(OC(N)=O)(S(=O)(=O)C2CC2)CC1C. The zero-order valence-corrected chi connectivity index (χ0v) is 12.6. The highest BCUT2D eigenvalue weighted by atomic mass is 32.2. The number of hydrogen-bond donors (Lipinski definition) is 1. The van der Waals surface area contributed by atoms with E-state index in [0.29, 0.717) is 19.3 Å². The van der Waals surface area contributed by atoms with Crippen molar-refractivity contribution < 1.29 is 22.7 Å². The van der Waals surface area contributed by atoms with Gasteiger partial charge in [0.15, 0.2) is 9.84 Å². The molecule has 7 heteroatoms. The fourth-order valence-electron chi connectivity index (χ4n) is 3.18. The van der Waals surface area contributed by atoms with E-state index in [2.05, 4.69) is 0 Å². The first kappa shape index (κ1) is 15.3. The van der Waals surface area contributed by atoms with Gasteiger partial charge in [-0.15, -0.1) is 0 Å². The number of rotatable bonds is 5. The van der Waals surface area contributed by atoms with Gasteiger partial charge in [-0.2, -0.15) is 0 Å². The van der Waals surface area contributed by atoms with Crippen molar-refractivity contribution in [2.45, 2.75) is 56.1 Å². The van der Waals surface area contributed by atoms with Crippen LogP contribution in [-0.2, 0) is 19.4 Å². The molecule has 20 heavy (non-hydrogen) atoms. The summed E-state index contributed by atoms with van der Waals surface area (Å²) in [5.41, 5.74) is 5.06. The van der Waals surface area contributed by atoms with E-state index in [0.717, 1.165) is 0 Å². The van der Waals surface area contributed by atoms with Gasteiger partial charge >= 0.3 is 6.09 Å². The van der Waals surface area contributed by atoms with Crippen LogP contribution in [0.25, 0.3) is 0 Å². The van der Waals surface area contributed by atoms with Crippen LogP contribution in [0.4, 0.5) is 4.79 Å². The molecule has 0 aromatic carbocycles. The van der Waals surface area contributed by atoms with E-state index in [1.54, 1.807) is 6.92 Å². The van der Waals surface area contributed by atoms with Gasteiger partial charge in [-0.3, -0.25) is 4.79 Å².